The van der Waals surface area contributed by atoms with Crippen LogP contribution in [-0.2, 0) is 0 Å². The first kappa shape index (κ1) is 8.23. The third-order valence-electron chi connectivity index (χ3n) is 2.05. The molecule has 1 aromatic rings. The summed E-state index contributed by atoms with van der Waals surface area (Å²) in [5.41, 5.74) is 1.39. The van der Waals surface area contributed by atoms with Crippen molar-refractivity contribution in [1.82, 2.24) is 4.98 Å². The fraction of sp³-hybridized carbons (Fsp3) is 0.400. The minimum absolute atomic E-state index is 0.307. The molecule has 0 aliphatic heterocycles. The van der Waals surface area contributed by atoms with Gasteiger partial charge in [-0.1, -0.05) is 0 Å². The quantitative estimate of drug-likeness (QED) is 0.660. The van der Waals surface area contributed by atoms with Gasteiger partial charge >= 0.3 is 0 Å². The molecule has 13 heavy (non-hydrogen) atoms. The summed E-state index contributed by atoms with van der Waals surface area (Å²) in [6, 6.07) is 1.68. The third-order valence-corrected chi connectivity index (χ3v) is 2.05. The van der Waals surface area contributed by atoms with Crippen LogP contribution in [0, 0.1) is 6.92 Å². The Morgan fingerprint density at radius 1 is 1.62 bits per heavy atom. The number of carbonyl (C=O) groups is 1. The van der Waals surface area contributed by atoms with E-state index in [1.165, 1.54) is 0 Å². The molecule has 0 atom stereocenters. The summed E-state index contributed by atoms with van der Waals surface area (Å²) in [6.45, 7) is 1.85. The Morgan fingerprint density at radius 3 is 3.00 bits per heavy atom. The second kappa shape index (κ2) is 3.17. The van der Waals surface area contributed by atoms with Gasteiger partial charge in [-0.05, 0) is 25.8 Å². The molecule has 1 heterocycles. The molecule has 0 radical (unpaired) electrons. The second-order valence-electron chi connectivity index (χ2n) is 3.25. The average Bonchev–Trinajstić information content (AvgIpc) is 2.92. The van der Waals surface area contributed by atoms with Gasteiger partial charge < -0.3 is 4.74 Å². The van der Waals surface area contributed by atoms with Crippen LogP contribution in [-0.4, -0.2) is 17.4 Å². The summed E-state index contributed by atoms with van der Waals surface area (Å²) < 4.78 is 5.58. The highest BCUT2D eigenvalue weighted by Crippen LogP contribution is 2.29. The Hall–Kier alpha value is -1.38. The number of pyridine rings is 1. The molecule has 0 bridgehead atoms. The van der Waals surface area contributed by atoms with Crippen molar-refractivity contribution < 1.29 is 9.53 Å². The van der Waals surface area contributed by atoms with Crippen molar-refractivity contribution in [1.29, 1.82) is 0 Å². The standard InChI is InChI=1S/C10H11NO2/c1-7-10(13-9-2-3-9)8(6-12)4-5-11-7/h4-6,9H,2-3H2,1H3. The van der Waals surface area contributed by atoms with E-state index in [1.54, 1.807) is 12.3 Å². The number of aryl methyl sites for hydroxylation is 1. The highest BCUT2D eigenvalue weighted by atomic mass is 16.5. The van der Waals surface area contributed by atoms with Crippen molar-refractivity contribution in [3.05, 3.63) is 23.5 Å². The average molecular weight is 177 g/mol. The van der Waals surface area contributed by atoms with Crippen LogP contribution < -0.4 is 4.74 Å². The Bertz CT molecular complexity index is 332. The zero-order chi connectivity index (χ0) is 9.26. The number of hydrogen-bond acceptors (Lipinski definition) is 3. The van der Waals surface area contributed by atoms with E-state index in [-0.39, 0.29) is 0 Å². The predicted molar refractivity (Wildman–Crippen MR) is 48.0 cm³/mol. The molecule has 0 unspecified atom stereocenters. The topological polar surface area (TPSA) is 39.2 Å². The summed E-state index contributed by atoms with van der Waals surface area (Å²) in [5.74, 6) is 0.653. The van der Waals surface area contributed by atoms with Crippen molar-refractivity contribution in [2.45, 2.75) is 25.9 Å². The fourth-order valence-corrected chi connectivity index (χ4v) is 1.17. The maximum Gasteiger partial charge on any atom is 0.153 e. The number of rotatable bonds is 3. The van der Waals surface area contributed by atoms with Crippen LogP contribution in [0.5, 0.6) is 5.75 Å². The van der Waals surface area contributed by atoms with Gasteiger partial charge in [-0.25, -0.2) is 0 Å². The predicted octanol–water partition coefficient (Wildman–Crippen LogP) is 1.74. The molecule has 0 N–H and O–H groups in total. The summed E-state index contributed by atoms with van der Waals surface area (Å²) in [5, 5.41) is 0. The molecule has 68 valence electrons. The molecular weight excluding hydrogens is 166 g/mol. The zero-order valence-electron chi connectivity index (χ0n) is 7.49. The maximum absolute atomic E-state index is 10.7. The van der Waals surface area contributed by atoms with Gasteiger partial charge in [0.2, 0.25) is 0 Å². The van der Waals surface area contributed by atoms with E-state index in [4.69, 9.17) is 4.74 Å². The Labute approximate surface area is 76.7 Å². The van der Waals surface area contributed by atoms with Gasteiger partial charge in [0.05, 0.1) is 17.4 Å². The number of ether oxygens (including phenoxy) is 1. The summed E-state index contributed by atoms with van der Waals surface area (Å²) in [4.78, 5) is 14.8. The molecule has 3 heteroatoms. The van der Waals surface area contributed by atoms with Gasteiger partial charge in [0.1, 0.15) is 0 Å². The third kappa shape index (κ3) is 1.69. The Kier molecular flexibility index (Phi) is 2.00. The molecule has 1 aliphatic rings. The lowest BCUT2D eigenvalue weighted by Crippen LogP contribution is -2.02. The van der Waals surface area contributed by atoms with Crippen LogP contribution >= 0.6 is 0 Å². The van der Waals surface area contributed by atoms with E-state index in [1.807, 2.05) is 6.92 Å². The molecule has 3 nitrogen and oxygen atoms in total. The summed E-state index contributed by atoms with van der Waals surface area (Å²) in [7, 11) is 0. The maximum atomic E-state index is 10.7. The van der Waals surface area contributed by atoms with E-state index >= 15 is 0 Å². The van der Waals surface area contributed by atoms with Crippen LogP contribution in [0.3, 0.4) is 0 Å². The number of hydrogen-bond donors (Lipinski definition) is 0. The summed E-state index contributed by atoms with van der Waals surface area (Å²) >= 11 is 0. The monoisotopic (exact) mass is 177 g/mol. The molecule has 0 spiro atoms. The smallest absolute Gasteiger partial charge is 0.153 e. The van der Waals surface area contributed by atoms with Crippen LogP contribution in [0.4, 0.5) is 0 Å². The first-order valence-electron chi connectivity index (χ1n) is 4.38. The van der Waals surface area contributed by atoms with Gasteiger partial charge in [0, 0.05) is 6.20 Å². The van der Waals surface area contributed by atoms with Crippen molar-refractivity contribution in [2.75, 3.05) is 0 Å². The zero-order valence-corrected chi connectivity index (χ0v) is 7.49. The minimum Gasteiger partial charge on any atom is -0.488 e. The largest absolute Gasteiger partial charge is 0.488 e. The fourth-order valence-electron chi connectivity index (χ4n) is 1.17. The van der Waals surface area contributed by atoms with Crippen LogP contribution in [0.1, 0.15) is 28.9 Å². The molecule has 0 aromatic carbocycles. The van der Waals surface area contributed by atoms with Crippen LogP contribution in [0.25, 0.3) is 0 Å². The van der Waals surface area contributed by atoms with Crippen molar-refractivity contribution in [3.8, 4) is 5.75 Å². The number of aldehydes is 1. The van der Waals surface area contributed by atoms with Crippen LogP contribution in [0.15, 0.2) is 12.3 Å². The lowest BCUT2D eigenvalue weighted by Gasteiger charge is -2.08. The van der Waals surface area contributed by atoms with Crippen molar-refractivity contribution in [2.24, 2.45) is 0 Å². The van der Waals surface area contributed by atoms with Gasteiger partial charge in [0.15, 0.2) is 12.0 Å². The molecule has 0 amide bonds. The normalized spacial score (nSPS) is 15.5. The number of carbonyl (C=O) groups excluding carboxylic acids is 1. The lowest BCUT2D eigenvalue weighted by molar-refractivity contribution is 0.111. The molecule has 1 saturated carbocycles. The van der Waals surface area contributed by atoms with E-state index in [0.717, 1.165) is 24.8 Å². The second-order valence-corrected chi connectivity index (χ2v) is 3.25. The van der Waals surface area contributed by atoms with Gasteiger partial charge in [-0.2, -0.15) is 0 Å². The van der Waals surface area contributed by atoms with Crippen molar-refractivity contribution >= 4 is 6.29 Å². The molecule has 1 fully saturated rings. The Morgan fingerprint density at radius 2 is 2.38 bits per heavy atom. The van der Waals surface area contributed by atoms with E-state index in [2.05, 4.69) is 4.98 Å². The van der Waals surface area contributed by atoms with Crippen molar-refractivity contribution in [3.63, 3.8) is 0 Å². The molecule has 1 aliphatic carbocycles. The van der Waals surface area contributed by atoms with E-state index in [0.29, 0.717) is 17.4 Å². The molecular formula is C10H11NO2. The number of aromatic nitrogens is 1. The van der Waals surface area contributed by atoms with Gasteiger partial charge in [-0.3, -0.25) is 9.78 Å². The first-order valence-corrected chi connectivity index (χ1v) is 4.38. The Balaban J connectivity index is 2.32. The molecule has 1 aromatic heterocycles. The van der Waals surface area contributed by atoms with E-state index in [9.17, 15) is 4.79 Å². The number of nitrogens with zero attached hydrogens (tertiary/aromatic N) is 1. The van der Waals surface area contributed by atoms with Gasteiger partial charge in [-0.15, -0.1) is 0 Å². The van der Waals surface area contributed by atoms with Gasteiger partial charge in [0.25, 0.3) is 0 Å². The molecule has 2 rings (SSSR count). The summed E-state index contributed by atoms with van der Waals surface area (Å²) in [6.07, 6.45) is 4.92. The lowest BCUT2D eigenvalue weighted by atomic mass is 10.2. The van der Waals surface area contributed by atoms with Crippen LogP contribution in [0.2, 0.25) is 0 Å². The molecule has 0 saturated heterocycles. The highest BCUT2D eigenvalue weighted by molar-refractivity contribution is 5.79. The SMILES string of the molecule is Cc1nccc(C=O)c1OC1CC1. The highest BCUT2D eigenvalue weighted by Gasteiger charge is 2.25. The minimum atomic E-state index is 0.307. The van der Waals surface area contributed by atoms with E-state index < -0.39 is 0 Å². The first-order chi connectivity index (χ1) is 6.31.